The van der Waals surface area contributed by atoms with Gasteiger partial charge >= 0.3 is 0 Å². The number of rotatable bonds is 1. The lowest BCUT2D eigenvalue weighted by Crippen LogP contribution is -2.72. The Morgan fingerprint density at radius 1 is 1.21 bits per heavy atom. The molecule has 24 heavy (non-hydrogen) atoms. The molecule has 0 radical (unpaired) electrons. The predicted octanol–water partition coefficient (Wildman–Crippen LogP) is 1.55. The van der Waals surface area contributed by atoms with Crippen LogP contribution in [0.3, 0.4) is 0 Å². The van der Waals surface area contributed by atoms with E-state index in [9.17, 15) is 10.2 Å². The first-order chi connectivity index (χ1) is 11.6. The van der Waals surface area contributed by atoms with E-state index < -0.39 is 0 Å². The molecule has 5 fully saturated rings. The average molecular weight is 326 g/mol. The minimum absolute atomic E-state index is 0.126. The number of hydrogen-bond acceptors (Lipinski definition) is 4. The molecule has 4 saturated heterocycles. The lowest BCUT2D eigenvalue weighted by molar-refractivity contribution is -0.211. The molecule has 0 aromatic heterocycles. The van der Waals surface area contributed by atoms with Crippen molar-refractivity contribution in [1.29, 1.82) is 0 Å². The summed E-state index contributed by atoms with van der Waals surface area (Å²) < 4.78 is 0. The van der Waals surface area contributed by atoms with Crippen molar-refractivity contribution in [3.8, 4) is 0 Å². The molecule has 1 unspecified atom stereocenters. The van der Waals surface area contributed by atoms with Gasteiger partial charge in [-0.2, -0.15) is 0 Å². The lowest BCUT2D eigenvalue weighted by atomic mass is 9.62. The summed E-state index contributed by atoms with van der Waals surface area (Å²) in [6.45, 7) is 2.19. The van der Waals surface area contributed by atoms with Crippen molar-refractivity contribution < 1.29 is 10.2 Å². The summed E-state index contributed by atoms with van der Waals surface area (Å²) in [5.41, 5.74) is 2.51. The Hall–Kier alpha value is -1.10. The number of aliphatic hydroxyl groups excluding tert-OH is 2. The molecule has 7 rings (SSSR count). The first-order valence-corrected chi connectivity index (χ1v) is 9.57. The molecule has 4 heteroatoms. The van der Waals surface area contributed by atoms with Crippen LogP contribution in [0.4, 0.5) is 5.69 Å². The van der Waals surface area contributed by atoms with Gasteiger partial charge in [-0.3, -0.25) is 4.90 Å². The van der Waals surface area contributed by atoms with E-state index >= 15 is 0 Å². The Morgan fingerprint density at radius 2 is 2.00 bits per heavy atom. The Labute approximate surface area is 143 Å². The van der Waals surface area contributed by atoms with Crippen LogP contribution < -0.4 is 4.90 Å². The van der Waals surface area contributed by atoms with Crippen molar-refractivity contribution in [3.63, 3.8) is 0 Å². The van der Waals surface area contributed by atoms with Crippen molar-refractivity contribution in [3.05, 3.63) is 29.8 Å². The highest BCUT2D eigenvalue weighted by Crippen LogP contribution is 2.68. The van der Waals surface area contributed by atoms with Gasteiger partial charge in [-0.15, -0.1) is 0 Å². The maximum absolute atomic E-state index is 11.6. The van der Waals surface area contributed by atoms with Crippen LogP contribution in [0.1, 0.15) is 31.7 Å². The number of aliphatic hydroxyl groups is 2. The summed E-state index contributed by atoms with van der Waals surface area (Å²) in [5, 5.41) is 22.6. The van der Waals surface area contributed by atoms with E-state index in [1.54, 1.807) is 0 Å². The molecule has 1 aromatic carbocycles. The minimum Gasteiger partial charge on any atom is -0.392 e. The number of para-hydroxylation sites is 1. The van der Waals surface area contributed by atoms with Crippen LogP contribution in [0, 0.1) is 17.8 Å². The van der Waals surface area contributed by atoms with E-state index in [0.29, 0.717) is 35.9 Å². The molecule has 2 N–H and O–H groups in total. The van der Waals surface area contributed by atoms with Gasteiger partial charge in [0.25, 0.3) is 0 Å². The molecular weight excluding hydrogens is 300 g/mol. The highest BCUT2D eigenvalue weighted by Gasteiger charge is 2.76. The van der Waals surface area contributed by atoms with Crippen LogP contribution in [0.25, 0.3) is 0 Å². The third-order valence-electron chi connectivity index (χ3n) is 8.46. The number of anilines is 1. The molecule has 1 saturated carbocycles. The van der Waals surface area contributed by atoms with Gasteiger partial charge in [0.15, 0.2) is 0 Å². The van der Waals surface area contributed by atoms with Crippen LogP contribution >= 0.6 is 0 Å². The first kappa shape index (κ1) is 14.1. The van der Waals surface area contributed by atoms with Gasteiger partial charge in [0.05, 0.1) is 12.1 Å². The van der Waals surface area contributed by atoms with Gasteiger partial charge in [-0.05, 0) is 36.8 Å². The van der Waals surface area contributed by atoms with Crippen molar-refractivity contribution in [2.75, 3.05) is 11.9 Å². The Bertz CT molecular complexity index is 723. The van der Waals surface area contributed by atoms with Crippen molar-refractivity contribution >= 4 is 5.69 Å². The molecule has 1 aliphatic carbocycles. The Morgan fingerprint density at radius 3 is 2.79 bits per heavy atom. The second-order valence-corrected chi connectivity index (χ2v) is 8.81. The Kier molecular flexibility index (Phi) is 2.45. The molecule has 5 bridgehead atoms. The molecule has 128 valence electrons. The largest absolute Gasteiger partial charge is 0.392 e. The standard InChI is InChI=1S/C20H26N2O2/c1-3-10-11-8-14-17-20(12-6-4-5-7-13(12)21(17)2)9-15(16(11)18(20)23)22(14)19(10)24/h4-7,10-11,14-19,23-24H,3,8-9H2,1-2H3/t10-,11-,14-,15+,16+,17-,18-,19-,20+/m1/s1. The summed E-state index contributed by atoms with van der Waals surface area (Å²) in [5.74, 6) is 1.14. The third-order valence-corrected chi connectivity index (χ3v) is 8.46. The van der Waals surface area contributed by atoms with Crippen molar-refractivity contribution in [2.45, 2.75) is 62.1 Å². The SMILES string of the molecule is CC[C@@H]1[C@H]2C[C@@H]3[C@H]4N(C)c5ccccc5[C@@]45C[C@@H]([C@H]2[C@H]5O)N3[C@@H]1O. The summed E-state index contributed by atoms with van der Waals surface area (Å²) >= 11 is 0. The molecule has 0 amide bonds. The van der Waals surface area contributed by atoms with Crippen LogP contribution in [0.2, 0.25) is 0 Å². The van der Waals surface area contributed by atoms with Gasteiger partial charge in [-0.1, -0.05) is 25.1 Å². The van der Waals surface area contributed by atoms with E-state index in [-0.39, 0.29) is 17.7 Å². The monoisotopic (exact) mass is 326 g/mol. The number of nitrogens with zero attached hydrogens (tertiary/aromatic N) is 2. The molecular formula is C20H26N2O2. The van der Waals surface area contributed by atoms with Crippen LogP contribution in [-0.2, 0) is 5.41 Å². The van der Waals surface area contributed by atoms with Crippen molar-refractivity contribution in [1.82, 2.24) is 4.90 Å². The fourth-order valence-corrected chi connectivity index (χ4v) is 7.88. The molecule has 1 spiro atoms. The molecule has 10 atom stereocenters. The maximum atomic E-state index is 11.6. The minimum atomic E-state index is -0.319. The fraction of sp³-hybridized carbons (Fsp3) is 0.700. The summed E-state index contributed by atoms with van der Waals surface area (Å²) in [7, 11) is 2.19. The first-order valence-electron chi connectivity index (χ1n) is 9.57. The number of likely N-dealkylation sites (N-methyl/N-ethyl adjacent to an activating group) is 1. The van der Waals surface area contributed by atoms with E-state index in [2.05, 4.69) is 48.0 Å². The van der Waals surface area contributed by atoms with Gasteiger partial charge in [-0.25, -0.2) is 0 Å². The van der Waals surface area contributed by atoms with Gasteiger partial charge in [0.1, 0.15) is 6.23 Å². The summed E-state index contributed by atoms with van der Waals surface area (Å²) in [6, 6.07) is 9.70. The molecule has 4 nitrogen and oxygen atoms in total. The third kappa shape index (κ3) is 1.20. The zero-order chi connectivity index (χ0) is 16.4. The number of benzene rings is 1. The second-order valence-electron chi connectivity index (χ2n) is 8.81. The number of fused-ring (bicyclic) bond motifs is 2. The highest BCUT2D eigenvalue weighted by molar-refractivity contribution is 5.67. The molecule has 6 aliphatic rings. The van der Waals surface area contributed by atoms with Crippen LogP contribution in [0.15, 0.2) is 24.3 Å². The van der Waals surface area contributed by atoms with Gasteiger partial charge < -0.3 is 15.1 Å². The molecule has 5 heterocycles. The lowest BCUT2D eigenvalue weighted by Gasteiger charge is -2.62. The quantitative estimate of drug-likeness (QED) is 0.822. The fourth-order valence-electron chi connectivity index (χ4n) is 7.88. The maximum Gasteiger partial charge on any atom is 0.111 e. The number of hydrogen-bond donors (Lipinski definition) is 2. The smallest absolute Gasteiger partial charge is 0.111 e. The normalized spacial score (nSPS) is 55.8. The molecule has 5 aliphatic heterocycles. The van der Waals surface area contributed by atoms with Gasteiger partial charge in [0, 0.05) is 42.1 Å². The summed E-state index contributed by atoms with van der Waals surface area (Å²) in [6.07, 6.45) is 2.56. The van der Waals surface area contributed by atoms with Crippen LogP contribution in [-0.4, -0.2) is 52.6 Å². The molecule has 1 aromatic rings. The van der Waals surface area contributed by atoms with E-state index in [0.717, 1.165) is 19.3 Å². The van der Waals surface area contributed by atoms with E-state index in [1.807, 2.05) is 0 Å². The van der Waals surface area contributed by atoms with E-state index in [4.69, 9.17) is 0 Å². The summed E-state index contributed by atoms with van der Waals surface area (Å²) in [4.78, 5) is 4.83. The van der Waals surface area contributed by atoms with Crippen LogP contribution in [0.5, 0.6) is 0 Å². The zero-order valence-corrected chi connectivity index (χ0v) is 14.3. The average Bonchev–Trinajstić information content (AvgIpc) is 2.97. The van der Waals surface area contributed by atoms with E-state index in [1.165, 1.54) is 11.3 Å². The zero-order valence-electron chi connectivity index (χ0n) is 14.3. The predicted molar refractivity (Wildman–Crippen MR) is 91.7 cm³/mol. The highest BCUT2D eigenvalue weighted by atomic mass is 16.3. The second kappa shape index (κ2) is 4.17. The topological polar surface area (TPSA) is 46.9 Å². The Balaban J connectivity index is 1.60. The number of piperidine rings is 4. The van der Waals surface area contributed by atoms with Crippen molar-refractivity contribution in [2.24, 2.45) is 17.8 Å². The van der Waals surface area contributed by atoms with Gasteiger partial charge in [0.2, 0.25) is 0 Å².